The van der Waals surface area contributed by atoms with E-state index < -0.39 is 6.04 Å². The third-order valence-corrected chi connectivity index (χ3v) is 5.60. The van der Waals surface area contributed by atoms with Gasteiger partial charge in [0.25, 0.3) is 5.56 Å². The normalized spacial score (nSPS) is 12.1. The Morgan fingerprint density at radius 3 is 2.62 bits per heavy atom. The van der Waals surface area contributed by atoms with E-state index in [-0.39, 0.29) is 22.8 Å². The van der Waals surface area contributed by atoms with Crippen LogP contribution >= 0.6 is 11.6 Å². The van der Waals surface area contributed by atoms with Gasteiger partial charge in [0, 0.05) is 18.9 Å². The van der Waals surface area contributed by atoms with E-state index in [4.69, 9.17) is 22.4 Å². The van der Waals surface area contributed by atoms with Gasteiger partial charge in [-0.05, 0) is 39.0 Å². The molecule has 164 valence electrons. The van der Waals surface area contributed by atoms with Crippen LogP contribution in [0.5, 0.6) is 0 Å². The molecule has 1 atom stereocenters. The summed E-state index contributed by atoms with van der Waals surface area (Å²) >= 11 is 6.28. The lowest BCUT2D eigenvalue weighted by molar-refractivity contribution is 0.101. The van der Waals surface area contributed by atoms with Crippen molar-refractivity contribution in [3.05, 3.63) is 75.6 Å². The minimum Gasteiger partial charge on any atom is -0.368 e. The zero-order valence-electron chi connectivity index (χ0n) is 17.9. The lowest BCUT2D eigenvalue weighted by Gasteiger charge is -2.31. The van der Waals surface area contributed by atoms with E-state index in [0.717, 1.165) is 0 Å². The van der Waals surface area contributed by atoms with Crippen LogP contribution in [0.15, 0.2) is 53.6 Å². The molecule has 0 radical (unpaired) electrons. The number of hydrogen-bond acceptors (Lipinski definition) is 7. The van der Waals surface area contributed by atoms with Gasteiger partial charge in [-0.25, -0.2) is 9.50 Å². The van der Waals surface area contributed by atoms with Crippen LogP contribution in [-0.4, -0.2) is 36.5 Å². The maximum Gasteiger partial charge on any atom is 0.284 e. The smallest absolute Gasteiger partial charge is 0.284 e. The quantitative estimate of drug-likeness (QED) is 0.447. The van der Waals surface area contributed by atoms with Gasteiger partial charge in [0.15, 0.2) is 11.6 Å². The largest absolute Gasteiger partial charge is 0.368 e. The fourth-order valence-corrected chi connectivity index (χ4v) is 3.97. The highest BCUT2D eigenvalue weighted by Crippen LogP contribution is 2.29. The summed E-state index contributed by atoms with van der Waals surface area (Å²) in [7, 11) is 0. The van der Waals surface area contributed by atoms with Gasteiger partial charge in [-0.15, -0.1) is 0 Å². The topological polar surface area (TPSA) is 111 Å². The number of carbonyl (C=O) groups is 1. The number of anilines is 2. The predicted octanol–water partition coefficient (Wildman–Crippen LogP) is 3.30. The monoisotopic (exact) mass is 451 g/mol. The molecule has 0 saturated heterocycles. The molecule has 0 aliphatic carbocycles. The molecule has 3 aromatic heterocycles. The molecular formula is C22H22ClN7O2. The van der Waals surface area contributed by atoms with Crippen LogP contribution in [0, 0.1) is 0 Å². The van der Waals surface area contributed by atoms with E-state index in [1.165, 1.54) is 22.2 Å². The van der Waals surface area contributed by atoms with E-state index >= 15 is 0 Å². The number of hydrogen-bond donors (Lipinski definition) is 1. The SMILES string of the molecule is CCN(c1nc(N)ncc1C(C)=O)[C@@H](C)c1nn2ccc(Cl)c2c(=O)n1-c1ccccc1. The van der Waals surface area contributed by atoms with E-state index in [1.54, 1.807) is 12.3 Å². The predicted molar refractivity (Wildman–Crippen MR) is 124 cm³/mol. The van der Waals surface area contributed by atoms with E-state index in [1.807, 2.05) is 49.1 Å². The number of fused-ring (bicyclic) bond motifs is 1. The first-order valence-corrected chi connectivity index (χ1v) is 10.5. The van der Waals surface area contributed by atoms with Gasteiger partial charge in [-0.3, -0.25) is 14.2 Å². The highest BCUT2D eigenvalue weighted by atomic mass is 35.5. The standard InChI is InChI=1S/C22H22ClN7O2/c1-4-28(20-16(14(3)31)12-25-22(24)26-20)13(2)19-27-29-11-10-17(23)18(29)21(32)30(19)15-8-6-5-7-9-15/h5-13H,4H2,1-3H3,(H2,24,25,26)/t13-/m0/s1. The van der Waals surface area contributed by atoms with Crippen LogP contribution in [0.3, 0.4) is 0 Å². The van der Waals surface area contributed by atoms with Gasteiger partial charge in [0.2, 0.25) is 5.95 Å². The molecular weight excluding hydrogens is 430 g/mol. The summed E-state index contributed by atoms with van der Waals surface area (Å²) in [4.78, 5) is 35.9. The highest BCUT2D eigenvalue weighted by molar-refractivity contribution is 6.33. The van der Waals surface area contributed by atoms with Crippen molar-refractivity contribution in [2.24, 2.45) is 0 Å². The average molecular weight is 452 g/mol. The van der Waals surface area contributed by atoms with Crippen LogP contribution in [0.1, 0.15) is 43.0 Å². The Labute approximate surface area is 189 Å². The summed E-state index contributed by atoms with van der Waals surface area (Å²) < 4.78 is 3.01. The first-order valence-electron chi connectivity index (χ1n) is 10.1. The minimum absolute atomic E-state index is 0.0525. The number of para-hydroxylation sites is 1. The molecule has 1 aromatic carbocycles. The molecule has 10 heteroatoms. The van der Waals surface area contributed by atoms with Crippen molar-refractivity contribution < 1.29 is 4.79 Å². The number of rotatable bonds is 6. The number of benzene rings is 1. The minimum atomic E-state index is -0.453. The van der Waals surface area contributed by atoms with Crippen LogP contribution in [0.4, 0.5) is 11.8 Å². The molecule has 0 spiro atoms. The van der Waals surface area contributed by atoms with Crippen LogP contribution in [0.25, 0.3) is 11.2 Å². The molecule has 3 heterocycles. The maximum absolute atomic E-state index is 13.5. The van der Waals surface area contributed by atoms with E-state index in [0.29, 0.717) is 34.5 Å². The third-order valence-electron chi connectivity index (χ3n) is 5.30. The molecule has 0 bridgehead atoms. The maximum atomic E-state index is 13.5. The van der Waals surface area contributed by atoms with Crippen molar-refractivity contribution in [3.8, 4) is 5.69 Å². The number of ketones is 1. The van der Waals surface area contributed by atoms with Crippen LogP contribution in [-0.2, 0) is 0 Å². The molecule has 0 fully saturated rings. The van der Waals surface area contributed by atoms with Crippen LogP contribution in [0.2, 0.25) is 5.02 Å². The lowest BCUT2D eigenvalue weighted by Crippen LogP contribution is -2.36. The van der Waals surface area contributed by atoms with Crippen molar-refractivity contribution in [1.82, 2.24) is 24.1 Å². The Bertz CT molecular complexity index is 1360. The van der Waals surface area contributed by atoms with Gasteiger partial charge in [-0.1, -0.05) is 29.8 Å². The fraction of sp³-hybridized carbons (Fsp3) is 0.227. The Kier molecular flexibility index (Phi) is 5.67. The van der Waals surface area contributed by atoms with Gasteiger partial charge in [0.05, 0.1) is 22.3 Å². The van der Waals surface area contributed by atoms with Crippen molar-refractivity contribution >= 4 is 34.7 Å². The first kappa shape index (κ1) is 21.5. The van der Waals surface area contributed by atoms with E-state index in [9.17, 15) is 9.59 Å². The van der Waals surface area contributed by atoms with E-state index in [2.05, 4.69) is 9.97 Å². The van der Waals surface area contributed by atoms with Crippen molar-refractivity contribution in [2.75, 3.05) is 17.2 Å². The summed E-state index contributed by atoms with van der Waals surface area (Å²) in [6.45, 7) is 5.74. The summed E-state index contributed by atoms with van der Waals surface area (Å²) in [5.41, 5.74) is 6.81. The summed E-state index contributed by atoms with van der Waals surface area (Å²) in [6, 6.07) is 10.4. The molecule has 32 heavy (non-hydrogen) atoms. The number of carbonyl (C=O) groups excluding carboxylic acids is 1. The Morgan fingerprint density at radius 1 is 1.25 bits per heavy atom. The van der Waals surface area contributed by atoms with Crippen molar-refractivity contribution in [2.45, 2.75) is 26.8 Å². The first-order chi connectivity index (χ1) is 15.3. The summed E-state index contributed by atoms with van der Waals surface area (Å²) in [5, 5.41) is 5.04. The van der Waals surface area contributed by atoms with Gasteiger partial charge in [-0.2, -0.15) is 10.1 Å². The second kappa shape index (κ2) is 8.43. The second-order valence-corrected chi connectivity index (χ2v) is 7.68. The Hall–Kier alpha value is -3.72. The third kappa shape index (κ3) is 3.60. The average Bonchev–Trinajstić information content (AvgIpc) is 3.15. The molecule has 2 N–H and O–H groups in total. The molecule has 0 saturated carbocycles. The Balaban J connectivity index is 1.98. The van der Waals surface area contributed by atoms with Crippen molar-refractivity contribution in [1.29, 1.82) is 0 Å². The molecule has 0 aliphatic heterocycles. The van der Waals surface area contributed by atoms with Gasteiger partial charge < -0.3 is 10.6 Å². The van der Waals surface area contributed by atoms with Gasteiger partial charge >= 0.3 is 0 Å². The second-order valence-electron chi connectivity index (χ2n) is 7.27. The molecule has 0 unspecified atom stereocenters. The number of nitrogens with zero attached hydrogens (tertiary/aromatic N) is 6. The number of aromatic nitrogens is 5. The number of nitrogen functional groups attached to an aromatic ring is 1. The fourth-order valence-electron chi connectivity index (χ4n) is 3.74. The number of halogens is 1. The summed E-state index contributed by atoms with van der Waals surface area (Å²) in [5.74, 6) is 0.706. The van der Waals surface area contributed by atoms with Crippen LogP contribution < -0.4 is 16.2 Å². The molecule has 0 aliphatic rings. The highest BCUT2D eigenvalue weighted by Gasteiger charge is 2.27. The molecule has 9 nitrogen and oxygen atoms in total. The zero-order valence-corrected chi connectivity index (χ0v) is 18.6. The molecule has 4 rings (SSSR count). The lowest BCUT2D eigenvalue weighted by atomic mass is 10.1. The van der Waals surface area contributed by atoms with Crippen molar-refractivity contribution in [3.63, 3.8) is 0 Å². The molecule has 4 aromatic rings. The zero-order chi connectivity index (χ0) is 23.0. The number of Topliss-reactive ketones (excluding diaryl/α,β-unsaturated/α-hetero) is 1. The summed E-state index contributed by atoms with van der Waals surface area (Å²) in [6.07, 6.45) is 3.06. The number of nitrogens with two attached hydrogens (primary N) is 1. The Morgan fingerprint density at radius 2 is 1.97 bits per heavy atom. The molecule has 0 amide bonds. The van der Waals surface area contributed by atoms with Gasteiger partial charge in [0.1, 0.15) is 11.3 Å².